The first kappa shape index (κ1) is 15.7. The lowest BCUT2D eigenvalue weighted by Crippen LogP contribution is -2.33. The number of nitrogens with zero attached hydrogens (tertiary/aromatic N) is 5. The first-order valence-electron chi connectivity index (χ1n) is 7.91. The van der Waals surface area contributed by atoms with E-state index in [0.717, 1.165) is 12.2 Å². The van der Waals surface area contributed by atoms with E-state index < -0.39 is 6.10 Å². The van der Waals surface area contributed by atoms with Gasteiger partial charge in [0.1, 0.15) is 12.2 Å². The molecular formula is C15H22N6O2. The number of carbonyl (C=O) groups excluding carboxylic acids is 1. The van der Waals surface area contributed by atoms with E-state index in [1.54, 1.807) is 23.3 Å². The van der Waals surface area contributed by atoms with Crippen LogP contribution in [0, 0.1) is 5.92 Å². The molecule has 1 aliphatic carbocycles. The van der Waals surface area contributed by atoms with Crippen molar-refractivity contribution in [3.63, 3.8) is 0 Å². The van der Waals surface area contributed by atoms with E-state index in [-0.39, 0.29) is 17.7 Å². The highest BCUT2D eigenvalue weighted by Gasteiger charge is 2.36. The average molecular weight is 318 g/mol. The third kappa shape index (κ3) is 3.12. The first-order chi connectivity index (χ1) is 11.1. The number of aliphatic hydroxyl groups excluding tert-OH is 1. The Morgan fingerprint density at radius 3 is 3.00 bits per heavy atom. The molecule has 2 heterocycles. The molecule has 8 heteroatoms. The van der Waals surface area contributed by atoms with Gasteiger partial charge in [0.2, 0.25) is 0 Å². The lowest BCUT2D eigenvalue weighted by Gasteiger charge is -2.15. The average Bonchev–Trinajstić information content (AvgIpc) is 3.24. The number of aliphatic hydroxyl groups is 1. The van der Waals surface area contributed by atoms with Gasteiger partial charge in [-0.25, -0.2) is 4.98 Å². The van der Waals surface area contributed by atoms with Crippen LogP contribution in [0.4, 0.5) is 0 Å². The van der Waals surface area contributed by atoms with Gasteiger partial charge in [-0.1, -0.05) is 0 Å². The number of carbonyl (C=O) groups is 1. The standard InChI is InChI=1S/C15H22N6O2/c1-3-21-5-4-16-14(21)15(23)17-8-11-6-10(7-12(11)22)13-19-18-9-20(13)2/h4-5,9-12,22H,3,6-8H2,1-2H3,(H,17,23)/t10-,11+,12+/m0/s1. The number of nitrogens with one attached hydrogen (secondary N) is 1. The van der Waals surface area contributed by atoms with Gasteiger partial charge in [-0.3, -0.25) is 4.79 Å². The molecule has 1 saturated carbocycles. The molecular weight excluding hydrogens is 296 g/mol. The van der Waals surface area contributed by atoms with Gasteiger partial charge in [-0.05, 0) is 19.8 Å². The summed E-state index contributed by atoms with van der Waals surface area (Å²) >= 11 is 0. The number of aromatic nitrogens is 5. The molecule has 124 valence electrons. The zero-order valence-electron chi connectivity index (χ0n) is 13.4. The van der Waals surface area contributed by atoms with Crippen LogP contribution < -0.4 is 5.32 Å². The molecule has 1 amide bonds. The van der Waals surface area contributed by atoms with Gasteiger partial charge in [0.25, 0.3) is 5.91 Å². The Balaban J connectivity index is 1.58. The van der Waals surface area contributed by atoms with E-state index in [0.29, 0.717) is 25.3 Å². The number of rotatable bonds is 5. The lowest BCUT2D eigenvalue weighted by atomic mass is 10.0. The molecule has 2 N–H and O–H groups in total. The predicted octanol–water partition coefficient (Wildman–Crippen LogP) is 0.316. The highest BCUT2D eigenvalue weighted by atomic mass is 16.3. The molecule has 0 bridgehead atoms. The SMILES string of the molecule is CCn1ccnc1C(=O)NC[C@H]1C[C@H](c2nncn2C)C[C@H]1O. The van der Waals surface area contributed by atoms with E-state index in [1.165, 1.54) is 0 Å². The van der Waals surface area contributed by atoms with Crippen molar-refractivity contribution in [3.05, 3.63) is 30.4 Å². The Kier molecular flexibility index (Phi) is 4.42. The third-order valence-corrected chi connectivity index (χ3v) is 4.55. The minimum atomic E-state index is -0.442. The van der Waals surface area contributed by atoms with Crippen LogP contribution in [0.5, 0.6) is 0 Å². The van der Waals surface area contributed by atoms with Crippen molar-refractivity contribution in [2.24, 2.45) is 13.0 Å². The molecule has 0 unspecified atom stereocenters. The normalized spacial score (nSPS) is 24.0. The fourth-order valence-electron chi connectivity index (χ4n) is 3.27. The summed E-state index contributed by atoms with van der Waals surface area (Å²) in [7, 11) is 1.90. The second kappa shape index (κ2) is 6.49. The molecule has 2 aromatic rings. The highest BCUT2D eigenvalue weighted by molar-refractivity contribution is 5.90. The first-order valence-corrected chi connectivity index (χ1v) is 7.91. The maximum Gasteiger partial charge on any atom is 0.287 e. The number of imidazole rings is 1. The highest BCUT2D eigenvalue weighted by Crippen LogP contribution is 2.37. The van der Waals surface area contributed by atoms with Gasteiger partial charge in [0.15, 0.2) is 5.82 Å². The summed E-state index contributed by atoms with van der Waals surface area (Å²) in [5, 5.41) is 21.2. The molecule has 0 spiro atoms. The second-order valence-corrected chi connectivity index (χ2v) is 6.04. The zero-order chi connectivity index (χ0) is 16.4. The van der Waals surface area contributed by atoms with Crippen molar-refractivity contribution in [1.82, 2.24) is 29.6 Å². The Labute approximate surface area is 134 Å². The van der Waals surface area contributed by atoms with Crippen molar-refractivity contribution < 1.29 is 9.90 Å². The van der Waals surface area contributed by atoms with E-state index in [2.05, 4.69) is 20.5 Å². The summed E-state index contributed by atoms with van der Waals surface area (Å²) in [6, 6.07) is 0. The number of hydrogen-bond donors (Lipinski definition) is 2. The Morgan fingerprint density at radius 1 is 1.48 bits per heavy atom. The molecule has 0 aliphatic heterocycles. The number of amides is 1. The molecule has 23 heavy (non-hydrogen) atoms. The van der Waals surface area contributed by atoms with Crippen molar-refractivity contribution in [1.29, 1.82) is 0 Å². The van der Waals surface area contributed by atoms with Crippen molar-refractivity contribution in [2.45, 2.75) is 38.3 Å². The fourth-order valence-corrected chi connectivity index (χ4v) is 3.27. The second-order valence-electron chi connectivity index (χ2n) is 6.04. The number of hydrogen-bond acceptors (Lipinski definition) is 5. The van der Waals surface area contributed by atoms with Gasteiger partial charge >= 0.3 is 0 Å². The molecule has 2 aromatic heterocycles. The van der Waals surface area contributed by atoms with Crippen LogP contribution in [0.2, 0.25) is 0 Å². The van der Waals surface area contributed by atoms with Crippen LogP contribution >= 0.6 is 0 Å². The molecule has 1 aliphatic rings. The summed E-state index contributed by atoms with van der Waals surface area (Å²) in [5.74, 6) is 1.29. The van der Waals surface area contributed by atoms with E-state index in [4.69, 9.17) is 0 Å². The molecule has 8 nitrogen and oxygen atoms in total. The third-order valence-electron chi connectivity index (χ3n) is 4.55. The van der Waals surface area contributed by atoms with Gasteiger partial charge < -0.3 is 19.6 Å². The van der Waals surface area contributed by atoms with Crippen molar-refractivity contribution in [2.75, 3.05) is 6.54 Å². The van der Waals surface area contributed by atoms with Gasteiger partial charge in [0.05, 0.1) is 6.10 Å². The lowest BCUT2D eigenvalue weighted by molar-refractivity contribution is 0.0902. The molecule has 0 radical (unpaired) electrons. The smallest absolute Gasteiger partial charge is 0.287 e. The van der Waals surface area contributed by atoms with Crippen LogP contribution in [-0.4, -0.2) is 48.0 Å². The van der Waals surface area contributed by atoms with E-state index in [1.807, 2.05) is 18.5 Å². The van der Waals surface area contributed by atoms with Crippen LogP contribution in [0.3, 0.4) is 0 Å². The van der Waals surface area contributed by atoms with Gasteiger partial charge in [-0.15, -0.1) is 10.2 Å². The van der Waals surface area contributed by atoms with Crippen LogP contribution in [0.15, 0.2) is 18.7 Å². The summed E-state index contributed by atoms with van der Waals surface area (Å²) in [5.41, 5.74) is 0. The molecule has 0 aromatic carbocycles. The molecule has 3 rings (SSSR count). The van der Waals surface area contributed by atoms with Gasteiger partial charge in [0, 0.05) is 44.4 Å². The summed E-state index contributed by atoms with van der Waals surface area (Å²) < 4.78 is 3.68. The Hall–Kier alpha value is -2.22. The quantitative estimate of drug-likeness (QED) is 0.827. The molecule has 1 fully saturated rings. The van der Waals surface area contributed by atoms with Crippen molar-refractivity contribution in [3.8, 4) is 0 Å². The minimum Gasteiger partial charge on any atom is -0.393 e. The van der Waals surface area contributed by atoms with Crippen LogP contribution in [0.25, 0.3) is 0 Å². The monoisotopic (exact) mass is 318 g/mol. The minimum absolute atomic E-state index is 0.0192. The predicted molar refractivity (Wildman–Crippen MR) is 82.7 cm³/mol. The maximum atomic E-state index is 12.2. The topological polar surface area (TPSA) is 97.9 Å². The Bertz CT molecular complexity index is 679. The van der Waals surface area contributed by atoms with E-state index >= 15 is 0 Å². The Morgan fingerprint density at radius 2 is 2.30 bits per heavy atom. The summed E-state index contributed by atoms with van der Waals surface area (Å²) in [6.07, 6.45) is 6.06. The van der Waals surface area contributed by atoms with Crippen LogP contribution in [-0.2, 0) is 13.6 Å². The van der Waals surface area contributed by atoms with E-state index in [9.17, 15) is 9.90 Å². The maximum absolute atomic E-state index is 12.2. The van der Waals surface area contributed by atoms with Crippen LogP contribution in [0.1, 0.15) is 42.1 Å². The summed E-state index contributed by atoms with van der Waals surface area (Å²) in [4.78, 5) is 16.3. The van der Waals surface area contributed by atoms with Crippen molar-refractivity contribution >= 4 is 5.91 Å². The fraction of sp³-hybridized carbons (Fsp3) is 0.600. The molecule has 0 saturated heterocycles. The van der Waals surface area contributed by atoms with Gasteiger partial charge in [-0.2, -0.15) is 0 Å². The molecule has 3 atom stereocenters. The zero-order valence-corrected chi connectivity index (χ0v) is 13.4. The summed E-state index contributed by atoms with van der Waals surface area (Å²) in [6.45, 7) is 3.10. The number of aryl methyl sites for hydroxylation is 2. The largest absolute Gasteiger partial charge is 0.393 e.